The van der Waals surface area contributed by atoms with Crippen LogP contribution in [-0.4, -0.2) is 41.5 Å². The third-order valence-corrected chi connectivity index (χ3v) is 7.60. The molecule has 0 radical (unpaired) electrons. The van der Waals surface area contributed by atoms with E-state index in [0.29, 0.717) is 51.7 Å². The Morgan fingerprint density at radius 3 is 1.94 bits per heavy atom. The van der Waals surface area contributed by atoms with Crippen molar-refractivity contribution in [2.75, 3.05) is 26.3 Å². The summed E-state index contributed by atoms with van der Waals surface area (Å²) in [6.45, 7) is 5.90. The van der Waals surface area contributed by atoms with Gasteiger partial charge in [-0.1, -0.05) is 60.7 Å². The van der Waals surface area contributed by atoms with E-state index in [2.05, 4.69) is 83.2 Å². The molecule has 0 aliphatic carbocycles. The molecule has 8 heteroatoms. The van der Waals surface area contributed by atoms with Crippen molar-refractivity contribution in [1.29, 1.82) is 0 Å². The summed E-state index contributed by atoms with van der Waals surface area (Å²) in [6.07, 6.45) is 3.53. The van der Waals surface area contributed by atoms with Crippen molar-refractivity contribution < 1.29 is 24.4 Å². The topological polar surface area (TPSA) is 105 Å². The molecule has 0 atom stereocenters. The predicted octanol–water partition coefficient (Wildman–Crippen LogP) is 5.96. The molecule has 0 aliphatic heterocycles. The number of aliphatic hydroxyl groups is 2. The summed E-state index contributed by atoms with van der Waals surface area (Å²) in [4.78, 5) is 4.17. The highest BCUT2D eigenvalue weighted by Crippen LogP contribution is 2.28. The highest BCUT2D eigenvalue weighted by atomic mass is 16.5. The summed E-state index contributed by atoms with van der Waals surface area (Å²) < 4.78 is 18.6. The van der Waals surface area contributed by atoms with Gasteiger partial charge in [0, 0.05) is 55.8 Å². The van der Waals surface area contributed by atoms with Crippen LogP contribution < -0.4 is 24.8 Å². The predicted molar refractivity (Wildman–Crippen MR) is 184 cm³/mol. The van der Waals surface area contributed by atoms with E-state index in [9.17, 15) is 5.11 Å². The van der Waals surface area contributed by atoms with Gasteiger partial charge in [0.25, 0.3) is 0 Å². The van der Waals surface area contributed by atoms with Crippen LogP contribution in [0.4, 0.5) is 0 Å². The SMILES string of the molecule is Cc1cc(CNCCO)ccc1OCc1cccc(-c2cccc(COc3ccc(CNCCO)c(OCc4cccnc4)c3)c2)c1. The van der Waals surface area contributed by atoms with Crippen molar-refractivity contribution in [3.63, 3.8) is 0 Å². The lowest BCUT2D eigenvalue weighted by Crippen LogP contribution is -2.18. The van der Waals surface area contributed by atoms with E-state index in [4.69, 9.17) is 19.3 Å². The number of nitrogens with one attached hydrogen (secondary N) is 2. The van der Waals surface area contributed by atoms with Crippen LogP contribution in [0.25, 0.3) is 11.1 Å². The number of benzene rings is 4. The van der Waals surface area contributed by atoms with E-state index in [1.807, 2.05) is 36.4 Å². The largest absolute Gasteiger partial charge is 0.489 e. The third-order valence-electron chi connectivity index (χ3n) is 7.60. The van der Waals surface area contributed by atoms with Gasteiger partial charge in [0.05, 0.1) is 13.2 Å². The van der Waals surface area contributed by atoms with Crippen LogP contribution >= 0.6 is 0 Å². The minimum Gasteiger partial charge on any atom is -0.489 e. The van der Waals surface area contributed by atoms with Gasteiger partial charge < -0.3 is 35.1 Å². The smallest absolute Gasteiger partial charge is 0.127 e. The Balaban J connectivity index is 1.21. The first-order valence-electron chi connectivity index (χ1n) is 15.9. The molecular weight excluding hydrogens is 590 g/mol. The molecule has 5 rings (SSSR count). The number of hydrogen-bond donors (Lipinski definition) is 4. The van der Waals surface area contributed by atoms with Crippen molar-refractivity contribution >= 4 is 0 Å². The number of rotatable bonds is 18. The molecule has 0 aliphatic rings. The van der Waals surface area contributed by atoms with E-state index in [1.165, 1.54) is 0 Å². The molecule has 47 heavy (non-hydrogen) atoms. The van der Waals surface area contributed by atoms with Crippen LogP contribution in [0.3, 0.4) is 0 Å². The maximum atomic E-state index is 9.17. The van der Waals surface area contributed by atoms with Crippen LogP contribution in [0, 0.1) is 6.92 Å². The molecule has 4 aromatic carbocycles. The number of aryl methyl sites for hydroxylation is 1. The van der Waals surface area contributed by atoms with Crippen molar-refractivity contribution in [2.45, 2.75) is 39.8 Å². The second-order valence-electron chi connectivity index (χ2n) is 11.3. The molecule has 0 spiro atoms. The molecule has 1 aromatic heterocycles. The minimum atomic E-state index is 0.0737. The lowest BCUT2D eigenvalue weighted by molar-refractivity contribution is 0.282. The van der Waals surface area contributed by atoms with Crippen molar-refractivity contribution in [3.8, 4) is 28.4 Å². The molecule has 4 N–H and O–H groups in total. The second-order valence-corrected chi connectivity index (χ2v) is 11.3. The highest BCUT2D eigenvalue weighted by molar-refractivity contribution is 5.65. The fraction of sp³-hybridized carbons (Fsp3) is 0.256. The zero-order valence-electron chi connectivity index (χ0n) is 26.8. The lowest BCUT2D eigenvalue weighted by atomic mass is 10.0. The number of pyridine rings is 1. The van der Waals surface area contributed by atoms with Gasteiger partial charge in [0.1, 0.15) is 37.1 Å². The minimum absolute atomic E-state index is 0.0737. The molecule has 0 saturated heterocycles. The van der Waals surface area contributed by atoms with Gasteiger partial charge in [-0.25, -0.2) is 0 Å². The van der Waals surface area contributed by atoms with E-state index < -0.39 is 0 Å². The van der Waals surface area contributed by atoms with Gasteiger partial charge in [-0.3, -0.25) is 4.98 Å². The summed E-state index contributed by atoms with van der Waals surface area (Å²) in [6, 6.07) is 32.7. The second kappa shape index (κ2) is 17.8. The molecule has 244 valence electrons. The summed E-state index contributed by atoms with van der Waals surface area (Å²) in [5.74, 6) is 2.30. The van der Waals surface area contributed by atoms with E-state index in [0.717, 1.165) is 56.0 Å². The molecule has 8 nitrogen and oxygen atoms in total. The summed E-state index contributed by atoms with van der Waals surface area (Å²) in [5, 5.41) is 24.6. The molecule has 0 unspecified atom stereocenters. The van der Waals surface area contributed by atoms with Crippen molar-refractivity contribution in [3.05, 3.63) is 143 Å². The van der Waals surface area contributed by atoms with E-state index in [1.54, 1.807) is 12.4 Å². The zero-order valence-corrected chi connectivity index (χ0v) is 26.8. The Morgan fingerprint density at radius 2 is 1.26 bits per heavy atom. The Kier molecular flexibility index (Phi) is 12.8. The van der Waals surface area contributed by atoms with Gasteiger partial charge in [0.2, 0.25) is 0 Å². The standard InChI is InChI=1S/C39H43N3O5/c1-29-19-30(23-41-15-17-43)10-13-38(29)46-27-32-6-3-9-35(21-32)34-8-2-5-31(20-34)26-45-37-12-11-36(25-42-16-18-44)39(22-37)47-28-33-7-4-14-40-24-33/h2-14,19-22,24,41-44H,15-18,23,25-28H2,1H3. The Hall–Kier alpha value is -4.73. The molecule has 0 bridgehead atoms. The number of nitrogens with zero attached hydrogens (tertiary/aromatic N) is 1. The first-order valence-corrected chi connectivity index (χ1v) is 15.9. The highest BCUT2D eigenvalue weighted by Gasteiger charge is 2.09. The Labute approximate surface area is 277 Å². The van der Waals surface area contributed by atoms with Gasteiger partial charge in [-0.05, 0) is 70.6 Å². The number of hydrogen-bond acceptors (Lipinski definition) is 8. The summed E-state index contributed by atoms with van der Waals surface area (Å²) in [5.41, 5.74) is 8.57. The monoisotopic (exact) mass is 633 g/mol. The fourth-order valence-electron chi connectivity index (χ4n) is 5.16. The molecule has 0 fully saturated rings. The van der Waals surface area contributed by atoms with Gasteiger partial charge in [-0.15, -0.1) is 0 Å². The number of aromatic nitrogens is 1. The molecule has 0 amide bonds. The maximum absolute atomic E-state index is 9.17. The Morgan fingerprint density at radius 1 is 0.596 bits per heavy atom. The molecule has 0 saturated carbocycles. The quantitative estimate of drug-likeness (QED) is 0.0877. The summed E-state index contributed by atoms with van der Waals surface area (Å²) >= 11 is 0. The van der Waals surface area contributed by atoms with E-state index >= 15 is 0 Å². The lowest BCUT2D eigenvalue weighted by Gasteiger charge is -2.15. The Bertz CT molecular complexity index is 1700. The molecule has 5 aromatic rings. The average Bonchev–Trinajstić information content (AvgIpc) is 3.11. The van der Waals surface area contributed by atoms with Gasteiger partial charge in [-0.2, -0.15) is 0 Å². The van der Waals surface area contributed by atoms with Crippen molar-refractivity contribution in [2.24, 2.45) is 0 Å². The van der Waals surface area contributed by atoms with Crippen LogP contribution in [0.5, 0.6) is 17.2 Å². The number of aliphatic hydroxyl groups excluding tert-OH is 2. The molecule has 1 heterocycles. The van der Waals surface area contributed by atoms with Gasteiger partial charge in [0.15, 0.2) is 0 Å². The first-order chi connectivity index (χ1) is 23.1. The first kappa shape index (κ1) is 33.6. The van der Waals surface area contributed by atoms with Crippen LogP contribution in [0.1, 0.15) is 33.4 Å². The van der Waals surface area contributed by atoms with Crippen LogP contribution in [0.15, 0.2) is 109 Å². The van der Waals surface area contributed by atoms with Crippen LogP contribution in [0.2, 0.25) is 0 Å². The fourth-order valence-corrected chi connectivity index (χ4v) is 5.16. The third kappa shape index (κ3) is 10.4. The van der Waals surface area contributed by atoms with Crippen LogP contribution in [-0.2, 0) is 32.9 Å². The number of ether oxygens (including phenoxy) is 3. The van der Waals surface area contributed by atoms with Crippen molar-refractivity contribution in [1.82, 2.24) is 15.6 Å². The average molecular weight is 634 g/mol. The van der Waals surface area contributed by atoms with Gasteiger partial charge >= 0.3 is 0 Å². The molecular formula is C39H43N3O5. The normalized spacial score (nSPS) is 11.0. The maximum Gasteiger partial charge on any atom is 0.127 e. The zero-order chi connectivity index (χ0) is 32.7. The summed E-state index contributed by atoms with van der Waals surface area (Å²) in [7, 11) is 0. The van der Waals surface area contributed by atoms with E-state index in [-0.39, 0.29) is 13.2 Å².